The van der Waals surface area contributed by atoms with Crippen LogP contribution in [0.2, 0.25) is 0 Å². The molecule has 0 saturated carbocycles. The highest BCUT2D eigenvalue weighted by atomic mass is 16.3. The number of rotatable bonds is 8. The van der Waals surface area contributed by atoms with Gasteiger partial charge in [0.05, 0.1) is 6.10 Å². The molecule has 0 aliphatic carbocycles. The molecule has 1 atom stereocenters. The minimum Gasteiger partial charge on any atom is -0.393 e. The molecule has 0 aromatic rings. The average Bonchev–Trinajstić information content (AvgIpc) is 2.33. The molecule has 1 aliphatic rings. The van der Waals surface area contributed by atoms with E-state index in [2.05, 4.69) is 17.1 Å². The Bertz CT molecular complexity index is 158. The minimum atomic E-state index is -0.0528. The van der Waals surface area contributed by atoms with E-state index in [9.17, 15) is 5.11 Å². The van der Waals surface area contributed by atoms with Gasteiger partial charge in [0.25, 0.3) is 0 Å². The molecular weight excluding hydrogens is 200 g/mol. The molecule has 2 N–H and O–H groups in total. The van der Waals surface area contributed by atoms with Crippen LogP contribution in [0.25, 0.3) is 0 Å². The fraction of sp³-hybridized carbons (Fsp3) is 1.00. The summed E-state index contributed by atoms with van der Waals surface area (Å²) in [5, 5.41) is 13.1. The zero-order valence-electron chi connectivity index (χ0n) is 10.7. The summed E-state index contributed by atoms with van der Waals surface area (Å²) in [6, 6.07) is 0. The highest BCUT2D eigenvalue weighted by Crippen LogP contribution is 2.09. The third-order valence-corrected chi connectivity index (χ3v) is 3.36. The second kappa shape index (κ2) is 8.97. The number of nitrogens with one attached hydrogen (secondary N) is 1. The molecule has 96 valence electrons. The minimum absolute atomic E-state index is 0.0528. The largest absolute Gasteiger partial charge is 0.393 e. The quantitative estimate of drug-likeness (QED) is 0.620. The topological polar surface area (TPSA) is 35.5 Å². The number of nitrogens with zero attached hydrogens (tertiary/aromatic N) is 1. The van der Waals surface area contributed by atoms with Crippen LogP contribution in [-0.4, -0.2) is 48.8 Å². The first-order valence-corrected chi connectivity index (χ1v) is 6.94. The Morgan fingerprint density at radius 3 is 2.50 bits per heavy atom. The molecule has 1 saturated heterocycles. The molecule has 1 rings (SSSR count). The van der Waals surface area contributed by atoms with Gasteiger partial charge in [0, 0.05) is 26.2 Å². The molecule has 1 heterocycles. The number of aliphatic hydroxyl groups is 1. The van der Waals surface area contributed by atoms with Gasteiger partial charge in [0.2, 0.25) is 0 Å². The molecule has 0 unspecified atom stereocenters. The first kappa shape index (κ1) is 13.9. The molecule has 0 radical (unpaired) electrons. The third kappa shape index (κ3) is 6.46. The predicted molar refractivity (Wildman–Crippen MR) is 68.7 cm³/mol. The van der Waals surface area contributed by atoms with Crippen molar-refractivity contribution >= 4 is 0 Å². The standard InChI is InChI=1S/C13H28N2O/c1-2-3-6-13(16)7-4-5-10-15-11-8-14-9-12-15/h13-14,16H,2-12H2,1H3/t13-/m1/s1. The van der Waals surface area contributed by atoms with Gasteiger partial charge in [-0.15, -0.1) is 0 Å². The Balaban J connectivity index is 1.90. The Kier molecular flexibility index (Phi) is 7.81. The maximum Gasteiger partial charge on any atom is 0.0540 e. The molecule has 0 aromatic heterocycles. The van der Waals surface area contributed by atoms with Gasteiger partial charge in [-0.1, -0.05) is 19.8 Å². The lowest BCUT2D eigenvalue weighted by atomic mass is 10.1. The molecule has 1 fully saturated rings. The van der Waals surface area contributed by atoms with E-state index in [0.29, 0.717) is 0 Å². The van der Waals surface area contributed by atoms with Crippen LogP contribution >= 0.6 is 0 Å². The average molecular weight is 228 g/mol. The lowest BCUT2D eigenvalue weighted by Crippen LogP contribution is -2.43. The van der Waals surface area contributed by atoms with Crippen molar-refractivity contribution in [1.29, 1.82) is 0 Å². The maximum atomic E-state index is 9.69. The SMILES string of the molecule is CCCC[C@@H](O)CCCCN1CCNCC1. The molecule has 0 bridgehead atoms. The van der Waals surface area contributed by atoms with Crippen molar-refractivity contribution in [3.63, 3.8) is 0 Å². The first-order chi connectivity index (χ1) is 7.83. The molecular formula is C13H28N2O. The molecule has 0 aromatic carbocycles. The zero-order valence-corrected chi connectivity index (χ0v) is 10.7. The van der Waals surface area contributed by atoms with Crippen LogP contribution in [0.1, 0.15) is 45.4 Å². The number of aliphatic hydroxyl groups excluding tert-OH is 1. The Morgan fingerprint density at radius 2 is 1.81 bits per heavy atom. The van der Waals surface area contributed by atoms with Crippen molar-refractivity contribution < 1.29 is 5.11 Å². The van der Waals surface area contributed by atoms with Crippen LogP contribution < -0.4 is 5.32 Å². The number of hydrogen-bond donors (Lipinski definition) is 2. The van der Waals surface area contributed by atoms with E-state index >= 15 is 0 Å². The van der Waals surface area contributed by atoms with Crippen molar-refractivity contribution in [2.45, 2.75) is 51.6 Å². The highest BCUT2D eigenvalue weighted by Gasteiger charge is 2.09. The molecule has 1 aliphatic heterocycles. The van der Waals surface area contributed by atoms with Crippen molar-refractivity contribution in [2.24, 2.45) is 0 Å². The Hall–Kier alpha value is -0.120. The fourth-order valence-electron chi connectivity index (χ4n) is 2.23. The highest BCUT2D eigenvalue weighted by molar-refractivity contribution is 4.67. The summed E-state index contributed by atoms with van der Waals surface area (Å²) in [4.78, 5) is 2.52. The number of hydrogen-bond acceptors (Lipinski definition) is 3. The van der Waals surface area contributed by atoms with Gasteiger partial charge in [-0.3, -0.25) is 0 Å². The van der Waals surface area contributed by atoms with E-state index in [1.54, 1.807) is 0 Å². The number of piperazine rings is 1. The molecule has 16 heavy (non-hydrogen) atoms. The molecule has 0 amide bonds. The van der Waals surface area contributed by atoms with Gasteiger partial charge in [-0.2, -0.15) is 0 Å². The van der Waals surface area contributed by atoms with E-state index < -0.39 is 0 Å². The smallest absolute Gasteiger partial charge is 0.0540 e. The summed E-state index contributed by atoms with van der Waals surface area (Å²) >= 11 is 0. The van der Waals surface area contributed by atoms with Crippen molar-refractivity contribution in [3.05, 3.63) is 0 Å². The predicted octanol–water partition coefficient (Wildman–Crippen LogP) is 1.61. The van der Waals surface area contributed by atoms with Crippen molar-refractivity contribution in [3.8, 4) is 0 Å². The monoisotopic (exact) mass is 228 g/mol. The summed E-state index contributed by atoms with van der Waals surface area (Å²) in [7, 11) is 0. The van der Waals surface area contributed by atoms with Gasteiger partial charge < -0.3 is 15.3 Å². The summed E-state index contributed by atoms with van der Waals surface area (Å²) in [6.45, 7) is 8.05. The Labute approximate surface area is 100 Å². The van der Waals surface area contributed by atoms with Crippen LogP contribution in [0.15, 0.2) is 0 Å². The van der Waals surface area contributed by atoms with Gasteiger partial charge >= 0.3 is 0 Å². The second-order valence-electron chi connectivity index (χ2n) is 4.88. The van der Waals surface area contributed by atoms with Gasteiger partial charge in [-0.05, 0) is 32.2 Å². The van der Waals surface area contributed by atoms with Crippen LogP contribution in [0.4, 0.5) is 0 Å². The Morgan fingerprint density at radius 1 is 1.12 bits per heavy atom. The van der Waals surface area contributed by atoms with Gasteiger partial charge in [0.15, 0.2) is 0 Å². The second-order valence-corrected chi connectivity index (χ2v) is 4.88. The lowest BCUT2D eigenvalue weighted by Gasteiger charge is -2.27. The number of unbranched alkanes of at least 4 members (excludes halogenated alkanes) is 2. The summed E-state index contributed by atoms with van der Waals surface area (Å²) < 4.78 is 0. The summed E-state index contributed by atoms with van der Waals surface area (Å²) in [5.74, 6) is 0. The lowest BCUT2D eigenvalue weighted by molar-refractivity contribution is 0.145. The molecule has 3 nitrogen and oxygen atoms in total. The van der Waals surface area contributed by atoms with Crippen LogP contribution in [0, 0.1) is 0 Å². The van der Waals surface area contributed by atoms with Crippen LogP contribution in [0.5, 0.6) is 0 Å². The van der Waals surface area contributed by atoms with Crippen LogP contribution in [-0.2, 0) is 0 Å². The van der Waals surface area contributed by atoms with E-state index in [1.807, 2.05) is 0 Å². The van der Waals surface area contributed by atoms with Gasteiger partial charge in [0.1, 0.15) is 0 Å². The van der Waals surface area contributed by atoms with Crippen molar-refractivity contribution in [1.82, 2.24) is 10.2 Å². The van der Waals surface area contributed by atoms with Crippen LogP contribution in [0.3, 0.4) is 0 Å². The maximum absolute atomic E-state index is 9.69. The molecule has 0 spiro atoms. The molecule has 3 heteroatoms. The summed E-state index contributed by atoms with van der Waals surface area (Å²) in [5.41, 5.74) is 0. The van der Waals surface area contributed by atoms with E-state index in [-0.39, 0.29) is 6.10 Å². The van der Waals surface area contributed by atoms with Crippen molar-refractivity contribution in [2.75, 3.05) is 32.7 Å². The van der Waals surface area contributed by atoms with Gasteiger partial charge in [-0.25, -0.2) is 0 Å². The first-order valence-electron chi connectivity index (χ1n) is 6.94. The zero-order chi connectivity index (χ0) is 11.6. The van der Waals surface area contributed by atoms with E-state index in [1.165, 1.54) is 45.3 Å². The summed E-state index contributed by atoms with van der Waals surface area (Å²) in [6.07, 6.45) is 6.70. The normalized spacial score (nSPS) is 19.9. The van der Waals surface area contributed by atoms with E-state index in [4.69, 9.17) is 0 Å². The third-order valence-electron chi connectivity index (χ3n) is 3.36. The van der Waals surface area contributed by atoms with E-state index in [0.717, 1.165) is 25.9 Å². The fourth-order valence-corrected chi connectivity index (χ4v) is 2.23.